The molecule has 1 aliphatic heterocycles. The summed E-state index contributed by atoms with van der Waals surface area (Å²) < 4.78 is 1.15. The van der Waals surface area contributed by atoms with Crippen molar-refractivity contribution in [1.82, 2.24) is 5.32 Å². The van der Waals surface area contributed by atoms with Gasteiger partial charge in [-0.15, -0.1) is 0 Å². The Bertz CT molecular complexity index is 950. The summed E-state index contributed by atoms with van der Waals surface area (Å²) in [6, 6.07) is 15.5. The van der Waals surface area contributed by atoms with Crippen LogP contribution in [0.25, 0.3) is 0 Å². The number of aliphatic hydroxyl groups is 1. The number of aliphatic hydroxyl groups excluding tert-OH is 1. The quantitative estimate of drug-likeness (QED) is 0.545. The van der Waals surface area contributed by atoms with Gasteiger partial charge >= 0.3 is 0 Å². The number of rotatable bonds is 4. The van der Waals surface area contributed by atoms with Crippen molar-refractivity contribution in [3.63, 3.8) is 0 Å². The first-order chi connectivity index (χ1) is 14.5. The van der Waals surface area contributed by atoms with Crippen LogP contribution in [0.5, 0.6) is 0 Å². The third kappa shape index (κ3) is 4.36. The molecule has 4 atom stereocenters. The minimum Gasteiger partial charge on any atom is -0.391 e. The van der Waals surface area contributed by atoms with Gasteiger partial charge in [-0.1, -0.05) is 55.6 Å². The summed E-state index contributed by atoms with van der Waals surface area (Å²) in [6.07, 6.45) is 3.04. The zero-order valence-corrected chi connectivity index (χ0v) is 19.7. The molecule has 2 N–H and O–H groups in total. The van der Waals surface area contributed by atoms with E-state index in [1.807, 2.05) is 36.2 Å². The summed E-state index contributed by atoms with van der Waals surface area (Å²) in [5, 5.41) is 20.5. The fraction of sp³-hybridized carbons (Fsp3) is 0.391. The number of para-hydroxylation sites is 1. The van der Waals surface area contributed by atoms with Gasteiger partial charge in [0.2, 0.25) is 0 Å². The molecule has 1 amide bonds. The van der Waals surface area contributed by atoms with Gasteiger partial charge in [-0.2, -0.15) is 5.10 Å². The lowest BCUT2D eigenvalue weighted by molar-refractivity contribution is -0.116. The van der Waals surface area contributed by atoms with E-state index in [0.717, 1.165) is 40.5 Å². The maximum absolute atomic E-state index is 13.1. The lowest BCUT2D eigenvalue weighted by Crippen LogP contribution is -2.48. The maximum Gasteiger partial charge on any atom is 0.268 e. The molecule has 0 bridgehead atoms. The number of nitrogens with zero attached hydrogens (tertiary/aromatic N) is 2. The van der Waals surface area contributed by atoms with Crippen molar-refractivity contribution in [2.75, 3.05) is 5.01 Å². The lowest BCUT2D eigenvalue weighted by atomic mass is 9.89. The normalized spacial score (nSPS) is 26.4. The zero-order chi connectivity index (χ0) is 21.3. The predicted octanol–water partition coefficient (Wildman–Crippen LogP) is 4.92. The van der Waals surface area contributed by atoms with Gasteiger partial charge < -0.3 is 10.4 Å². The van der Waals surface area contributed by atoms with Gasteiger partial charge in [0.1, 0.15) is 5.71 Å². The van der Waals surface area contributed by atoms with Crippen molar-refractivity contribution in [3.05, 3.63) is 62.7 Å². The average Bonchev–Trinajstić information content (AvgIpc) is 3.08. The van der Waals surface area contributed by atoms with Crippen molar-refractivity contribution < 1.29 is 9.90 Å². The fourth-order valence-corrected chi connectivity index (χ4v) is 4.92. The molecule has 0 saturated heterocycles. The molecule has 0 radical (unpaired) electrons. The van der Waals surface area contributed by atoms with E-state index in [-0.39, 0.29) is 23.9 Å². The van der Waals surface area contributed by atoms with E-state index in [0.29, 0.717) is 10.7 Å². The SMILES string of the molecule is C[C@@H]1C(C(=O)N[C@H]2CCCC[C@@H]2O)=NN(c2ccccc2Cl)[C@@H]1c1ccc(I)cc1. The number of carbonyl (C=O) groups excluding carboxylic acids is 1. The molecule has 2 aromatic carbocycles. The third-order valence-corrected chi connectivity index (χ3v) is 7.01. The molecule has 1 saturated carbocycles. The van der Waals surface area contributed by atoms with Crippen LogP contribution < -0.4 is 10.3 Å². The second-order valence-corrected chi connectivity index (χ2v) is 9.65. The number of hydrazone groups is 1. The predicted molar refractivity (Wildman–Crippen MR) is 129 cm³/mol. The molecule has 2 aliphatic rings. The molecule has 1 aliphatic carbocycles. The molecule has 7 heteroatoms. The number of benzene rings is 2. The third-order valence-electron chi connectivity index (χ3n) is 5.97. The molecule has 158 valence electrons. The Morgan fingerprint density at radius 3 is 2.57 bits per heavy atom. The summed E-state index contributed by atoms with van der Waals surface area (Å²) in [6.45, 7) is 2.02. The van der Waals surface area contributed by atoms with Gasteiger partial charge in [0, 0.05) is 9.49 Å². The van der Waals surface area contributed by atoms with Gasteiger partial charge in [0.25, 0.3) is 5.91 Å². The van der Waals surface area contributed by atoms with Gasteiger partial charge in [-0.05, 0) is 65.3 Å². The van der Waals surface area contributed by atoms with E-state index in [4.69, 9.17) is 16.7 Å². The van der Waals surface area contributed by atoms with Crippen LogP contribution in [-0.4, -0.2) is 28.9 Å². The van der Waals surface area contributed by atoms with Crippen molar-refractivity contribution in [1.29, 1.82) is 0 Å². The maximum atomic E-state index is 13.1. The van der Waals surface area contributed by atoms with Crippen LogP contribution in [0, 0.1) is 9.49 Å². The average molecular weight is 538 g/mol. The molecule has 0 unspecified atom stereocenters. The first kappa shape index (κ1) is 21.6. The number of nitrogens with one attached hydrogen (secondary N) is 1. The first-order valence-corrected chi connectivity index (χ1v) is 11.8. The Kier molecular flexibility index (Phi) is 6.65. The molecule has 1 heterocycles. The van der Waals surface area contributed by atoms with Crippen LogP contribution in [0.3, 0.4) is 0 Å². The van der Waals surface area contributed by atoms with Crippen LogP contribution in [0.4, 0.5) is 5.69 Å². The number of halogens is 2. The first-order valence-electron chi connectivity index (χ1n) is 10.3. The molecule has 0 aromatic heterocycles. The van der Waals surface area contributed by atoms with Crippen molar-refractivity contribution in [2.24, 2.45) is 11.0 Å². The highest BCUT2D eigenvalue weighted by Crippen LogP contribution is 2.41. The number of hydrogen-bond acceptors (Lipinski definition) is 4. The number of hydrogen-bond donors (Lipinski definition) is 2. The van der Waals surface area contributed by atoms with E-state index < -0.39 is 6.10 Å². The highest BCUT2D eigenvalue weighted by molar-refractivity contribution is 14.1. The molecular formula is C23H25ClIN3O2. The van der Waals surface area contributed by atoms with Crippen LogP contribution in [-0.2, 0) is 4.79 Å². The molecule has 1 fully saturated rings. The van der Waals surface area contributed by atoms with Gasteiger partial charge in [0.15, 0.2) is 0 Å². The molecular weight excluding hydrogens is 513 g/mol. The van der Waals surface area contributed by atoms with Crippen LogP contribution in [0.1, 0.15) is 44.2 Å². The minimum absolute atomic E-state index is 0.137. The van der Waals surface area contributed by atoms with Crippen molar-refractivity contribution in [3.8, 4) is 0 Å². The lowest BCUT2D eigenvalue weighted by Gasteiger charge is -2.29. The standard InChI is InChI=1S/C23H25ClIN3O2/c1-14-21(23(30)26-18-7-3-5-9-20(18)29)27-28(19-8-4-2-6-17(19)24)22(14)15-10-12-16(25)13-11-15/h2,4,6,8,10-14,18,20,22,29H,3,5,7,9H2,1H3,(H,26,30)/t14-,18+,20+,22+/m1/s1. The van der Waals surface area contributed by atoms with Crippen molar-refractivity contribution in [2.45, 2.75) is 50.8 Å². The zero-order valence-electron chi connectivity index (χ0n) is 16.8. The van der Waals surface area contributed by atoms with Crippen molar-refractivity contribution >= 4 is 51.5 Å². The molecule has 5 nitrogen and oxygen atoms in total. The Morgan fingerprint density at radius 1 is 1.17 bits per heavy atom. The summed E-state index contributed by atoms with van der Waals surface area (Å²) in [5.41, 5.74) is 2.32. The number of amides is 1. The van der Waals surface area contributed by atoms with Crippen LogP contribution >= 0.6 is 34.2 Å². The van der Waals surface area contributed by atoms with Gasteiger partial charge in [-0.25, -0.2) is 0 Å². The number of anilines is 1. The Morgan fingerprint density at radius 2 is 1.87 bits per heavy atom. The molecule has 30 heavy (non-hydrogen) atoms. The monoisotopic (exact) mass is 537 g/mol. The number of carbonyl (C=O) groups is 1. The highest BCUT2D eigenvalue weighted by atomic mass is 127. The van der Waals surface area contributed by atoms with E-state index >= 15 is 0 Å². The summed E-state index contributed by atoms with van der Waals surface area (Å²) >= 11 is 8.77. The Hall–Kier alpha value is -1.64. The van der Waals surface area contributed by atoms with E-state index in [1.165, 1.54) is 0 Å². The van der Waals surface area contributed by atoms with Crippen LogP contribution in [0.2, 0.25) is 5.02 Å². The molecule has 2 aromatic rings. The van der Waals surface area contributed by atoms with E-state index in [2.05, 4.69) is 52.2 Å². The minimum atomic E-state index is -0.494. The van der Waals surface area contributed by atoms with Crippen LogP contribution in [0.15, 0.2) is 53.6 Å². The van der Waals surface area contributed by atoms with E-state index in [9.17, 15) is 9.90 Å². The smallest absolute Gasteiger partial charge is 0.268 e. The highest BCUT2D eigenvalue weighted by Gasteiger charge is 2.40. The van der Waals surface area contributed by atoms with Gasteiger partial charge in [0.05, 0.1) is 28.9 Å². The van der Waals surface area contributed by atoms with E-state index in [1.54, 1.807) is 0 Å². The fourth-order valence-electron chi connectivity index (χ4n) is 4.34. The molecule has 4 rings (SSSR count). The Labute approximate surface area is 195 Å². The second kappa shape index (κ2) is 9.24. The molecule has 0 spiro atoms. The van der Waals surface area contributed by atoms with Gasteiger partial charge in [-0.3, -0.25) is 9.80 Å². The summed E-state index contributed by atoms with van der Waals surface area (Å²) in [5.74, 6) is -0.347. The topological polar surface area (TPSA) is 64.9 Å². The Balaban J connectivity index is 1.67. The summed E-state index contributed by atoms with van der Waals surface area (Å²) in [4.78, 5) is 13.1. The summed E-state index contributed by atoms with van der Waals surface area (Å²) in [7, 11) is 0. The largest absolute Gasteiger partial charge is 0.391 e. The second-order valence-electron chi connectivity index (χ2n) is 8.00.